The number of aryl methyl sites for hydroxylation is 2. The van der Waals surface area contributed by atoms with Gasteiger partial charge < -0.3 is 9.73 Å². The lowest BCUT2D eigenvalue weighted by Crippen LogP contribution is -2.30. The average Bonchev–Trinajstić information content (AvgIpc) is 3.50. The van der Waals surface area contributed by atoms with Crippen molar-refractivity contribution in [2.75, 3.05) is 11.4 Å². The van der Waals surface area contributed by atoms with Crippen LogP contribution in [0, 0.1) is 13.8 Å². The van der Waals surface area contributed by atoms with E-state index in [1.54, 1.807) is 23.6 Å². The highest BCUT2D eigenvalue weighted by Crippen LogP contribution is 2.38. The Morgan fingerprint density at radius 2 is 1.79 bits per heavy atom. The second-order valence-corrected chi connectivity index (χ2v) is 10.5. The molecule has 1 amide bonds. The van der Waals surface area contributed by atoms with E-state index in [2.05, 4.69) is 5.32 Å². The molecular weight excluding hydrogens is 456 g/mol. The Hall–Kier alpha value is -3.36. The first-order valence-electron chi connectivity index (χ1n) is 10.3. The fraction of sp³-hybridized carbons (Fsp3) is 0.160. The number of nitrogens with zero attached hydrogens (tertiary/aromatic N) is 1. The Labute approximate surface area is 197 Å². The quantitative estimate of drug-likeness (QED) is 0.385. The van der Waals surface area contributed by atoms with Gasteiger partial charge in [0.25, 0.3) is 15.9 Å². The third kappa shape index (κ3) is 4.58. The van der Waals surface area contributed by atoms with Crippen molar-refractivity contribution in [1.29, 1.82) is 0 Å². The summed E-state index contributed by atoms with van der Waals surface area (Å²) in [5.41, 5.74) is 3.82. The highest BCUT2D eigenvalue weighted by molar-refractivity contribution is 7.93. The molecule has 2 aromatic carbocycles. The van der Waals surface area contributed by atoms with Crippen LogP contribution < -0.4 is 9.62 Å². The summed E-state index contributed by atoms with van der Waals surface area (Å²) < 4.78 is 34.3. The third-order valence-electron chi connectivity index (χ3n) is 5.51. The predicted molar refractivity (Wildman–Crippen MR) is 131 cm³/mol. The fourth-order valence-corrected chi connectivity index (χ4v) is 6.30. The number of benzene rings is 2. The number of amides is 1. The summed E-state index contributed by atoms with van der Waals surface area (Å²) in [6.45, 7) is 4.07. The van der Waals surface area contributed by atoms with Crippen LogP contribution in [0.3, 0.4) is 0 Å². The molecule has 2 heterocycles. The van der Waals surface area contributed by atoms with E-state index >= 15 is 0 Å². The molecule has 2 aromatic heterocycles. The summed E-state index contributed by atoms with van der Waals surface area (Å²) in [6.07, 6.45) is 1.52. The van der Waals surface area contributed by atoms with Crippen LogP contribution in [-0.2, 0) is 16.6 Å². The van der Waals surface area contributed by atoms with Gasteiger partial charge in [0.05, 0.1) is 18.5 Å². The molecule has 0 unspecified atom stereocenters. The van der Waals surface area contributed by atoms with Crippen molar-refractivity contribution in [1.82, 2.24) is 5.32 Å². The molecule has 0 bridgehead atoms. The van der Waals surface area contributed by atoms with Crippen molar-refractivity contribution in [2.45, 2.75) is 25.3 Å². The monoisotopic (exact) mass is 480 g/mol. The first kappa shape index (κ1) is 22.8. The predicted octanol–water partition coefficient (Wildman–Crippen LogP) is 5.38. The topological polar surface area (TPSA) is 79.6 Å². The van der Waals surface area contributed by atoms with Crippen LogP contribution in [-0.4, -0.2) is 21.4 Å². The Morgan fingerprint density at radius 1 is 1.03 bits per heavy atom. The number of carbonyl (C=O) groups is 1. The molecule has 0 aliphatic rings. The Kier molecular flexibility index (Phi) is 6.40. The molecule has 0 aliphatic heterocycles. The van der Waals surface area contributed by atoms with Gasteiger partial charge in [0.2, 0.25) is 0 Å². The molecule has 0 spiro atoms. The minimum Gasteiger partial charge on any atom is -0.467 e. The SMILES string of the molecule is Cc1ccc(N(C)S(=O)(=O)c2c(-c3ccccc3)csc2C(=O)NCc2ccco2)cc1C. The highest BCUT2D eigenvalue weighted by Gasteiger charge is 2.32. The molecule has 0 aliphatic carbocycles. The summed E-state index contributed by atoms with van der Waals surface area (Å²) in [5, 5.41) is 4.49. The van der Waals surface area contributed by atoms with Gasteiger partial charge >= 0.3 is 0 Å². The highest BCUT2D eigenvalue weighted by atomic mass is 32.2. The minimum atomic E-state index is -4.05. The van der Waals surface area contributed by atoms with Crippen molar-refractivity contribution in [3.63, 3.8) is 0 Å². The zero-order valence-electron chi connectivity index (χ0n) is 18.5. The number of sulfonamides is 1. The van der Waals surface area contributed by atoms with Crippen LogP contribution in [0.1, 0.15) is 26.6 Å². The lowest BCUT2D eigenvalue weighted by molar-refractivity contribution is 0.0949. The normalized spacial score (nSPS) is 11.4. The maximum Gasteiger partial charge on any atom is 0.266 e. The van der Waals surface area contributed by atoms with Gasteiger partial charge in [-0.3, -0.25) is 9.10 Å². The van der Waals surface area contributed by atoms with Crippen LogP contribution >= 0.6 is 11.3 Å². The Morgan fingerprint density at radius 3 is 2.45 bits per heavy atom. The van der Waals surface area contributed by atoms with E-state index in [0.717, 1.165) is 28.0 Å². The maximum absolute atomic E-state index is 13.9. The van der Waals surface area contributed by atoms with Crippen molar-refractivity contribution < 1.29 is 17.6 Å². The van der Waals surface area contributed by atoms with Crippen LogP contribution in [0.4, 0.5) is 5.69 Å². The standard InChI is InChI=1S/C25H24N2O4S2/c1-17-11-12-20(14-18(17)2)27(3)33(29,30)24-22(19-8-5-4-6-9-19)16-32-23(24)25(28)26-15-21-10-7-13-31-21/h4-14,16H,15H2,1-3H3,(H,26,28). The number of furan rings is 1. The second kappa shape index (κ2) is 9.25. The number of anilines is 1. The number of nitrogens with one attached hydrogen (secondary N) is 1. The van der Waals surface area contributed by atoms with E-state index in [-0.39, 0.29) is 16.3 Å². The smallest absolute Gasteiger partial charge is 0.266 e. The number of hydrogen-bond acceptors (Lipinski definition) is 5. The van der Waals surface area contributed by atoms with Gasteiger partial charge in [-0.1, -0.05) is 36.4 Å². The maximum atomic E-state index is 13.9. The van der Waals surface area contributed by atoms with Crippen molar-refractivity contribution >= 4 is 33.0 Å². The summed E-state index contributed by atoms with van der Waals surface area (Å²) in [7, 11) is -2.54. The summed E-state index contributed by atoms with van der Waals surface area (Å²) >= 11 is 1.11. The van der Waals surface area contributed by atoms with Crippen molar-refractivity contribution in [3.05, 3.63) is 94.1 Å². The molecule has 0 saturated heterocycles. The molecule has 0 saturated carbocycles. The van der Waals surface area contributed by atoms with Gasteiger partial charge in [-0.2, -0.15) is 0 Å². The first-order chi connectivity index (χ1) is 15.8. The van der Waals surface area contributed by atoms with E-state index in [4.69, 9.17) is 4.42 Å². The molecule has 1 N–H and O–H groups in total. The molecule has 4 rings (SSSR count). The first-order valence-corrected chi connectivity index (χ1v) is 12.6. The van der Waals surface area contributed by atoms with Gasteiger partial charge in [0.15, 0.2) is 0 Å². The molecule has 33 heavy (non-hydrogen) atoms. The molecule has 4 aromatic rings. The molecule has 0 fully saturated rings. The van der Waals surface area contributed by atoms with Gasteiger partial charge in [-0.15, -0.1) is 11.3 Å². The van der Waals surface area contributed by atoms with Gasteiger partial charge in [0.1, 0.15) is 15.5 Å². The summed E-state index contributed by atoms with van der Waals surface area (Å²) in [4.78, 5) is 13.2. The Bertz CT molecular complexity index is 1380. The molecule has 0 radical (unpaired) electrons. The van der Waals surface area contributed by atoms with Crippen LogP contribution in [0.5, 0.6) is 0 Å². The van der Waals surface area contributed by atoms with Gasteiger partial charge in [-0.05, 0) is 54.8 Å². The van der Waals surface area contributed by atoms with E-state index in [9.17, 15) is 13.2 Å². The number of carbonyl (C=O) groups excluding carboxylic acids is 1. The van der Waals surface area contributed by atoms with Gasteiger partial charge in [0, 0.05) is 18.0 Å². The van der Waals surface area contributed by atoms with Crippen LogP contribution in [0.2, 0.25) is 0 Å². The van der Waals surface area contributed by atoms with E-state index in [0.29, 0.717) is 17.0 Å². The summed E-state index contributed by atoms with van der Waals surface area (Å²) in [6, 6.07) is 18.2. The van der Waals surface area contributed by atoms with E-state index in [1.807, 2.05) is 56.3 Å². The molecule has 0 atom stereocenters. The molecule has 170 valence electrons. The minimum absolute atomic E-state index is 0.00336. The number of thiophene rings is 1. The second-order valence-electron chi connectivity index (χ2n) is 7.68. The van der Waals surface area contributed by atoms with E-state index < -0.39 is 15.9 Å². The van der Waals surface area contributed by atoms with Crippen molar-refractivity contribution in [3.8, 4) is 11.1 Å². The lowest BCUT2D eigenvalue weighted by Gasteiger charge is -2.22. The van der Waals surface area contributed by atoms with Gasteiger partial charge in [-0.25, -0.2) is 8.42 Å². The zero-order valence-corrected chi connectivity index (χ0v) is 20.2. The molecule has 8 heteroatoms. The van der Waals surface area contributed by atoms with Crippen molar-refractivity contribution in [2.24, 2.45) is 0 Å². The average molecular weight is 481 g/mol. The molecule has 6 nitrogen and oxygen atoms in total. The third-order valence-corrected chi connectivity index (χ3v) is 8.49. The zero-order chi connectivity index (χ0) is 23.6. The van der Waals surface area contributed by atoms with E-state index in [1.165, 1.54) is 17.6 Å². The molecular formula is C25H24N2O4S2. The van der Waals surface area contributed by atoms with Crippen LogP contribution in [0.15, 0.2) is 81.6 Å². The number of rotatable bonds is 7. The Balaban J connectivity index is 1.79. The number of hydrogen-bond donors (Lipinski definition) is 1. The van der Waals surface area contributed by atoms with Crippen LogP contribution in [0.25, 0.3) is 11.1 Å². The fourth-order valence-electron chi connectivity index (χ4n) is 3.43. The summed E-state index contributed by atoms with van der Waals surface area (Å²) in [5.74, 6) is 0.116. The largest absolute Gasteiger partial charge is 0.467 e. The lowest BCUT2D eigenvalue weighted by atomic mass is 10.1.